The minimum atomic E-state index is -0.393. The van der Waals surface area contributed by atoms with Crippen molar-refractivity contribution < 1.29 is 13.9 Å². The zero-order valence-corrected chi connectivity index (χ0v) is 15.4. The highest BCUT2D eigenvalue weighted by Crippen LogP contribution is 2.27. The molecule has 0 radical (unpaired) electrons. The number of ether oxygens (including phenoxy) is 1. The molecular formula is C17H25N5O3. The molecule has 1 amide bonds. The van der Waals surface area contributed by atoms with Crippen LogP contribution in [0.3, 0.4) is 0 Å². The quantitative estimate of drug-likeness (QED) is 0.916. The molecule has 0 aliphatic carbocycles. The highest BCUT2D eigenvalue weighted by Gasteiger charge is 2.34. The van der Waals surface area contributed by atoms with Gasteiger partial charge in [0.2, 0.25) is 11.8 Å². The average molecular weight is 347 g/mol. The highest BCUT2D eigenvalue weighted by molar-refractivity contribution is 5.92. The third-order valence-electron chi connectivity index (χ3n) is 4.23. The molecule has 1 aliphatic heterocycles. The molecule has 0 saturated carbocycles. The Morgan fingerprint density at radius 3 is 2.72 bits per heavy atom. The third-order valence-corrected chi connectivity index (χ3v) is 4.23. The molecular weight excluding hydrogens is 322 g/mol. The van der Waals surface area contributed by atoms with E-state index in [1.54, 1.807) is 4.90 Å². The molecule has 2 aromatic rings. The van der Waals surface area contributed by atoms with Crippen molar-refractivity contribution in [2.24, 2.45) is 0 Å². The first-order chi connectivity index (χ1) is 11.8. The lowest BCUT2D eigenvalue weighted by molar-refractivity contribution is -0.0110. The molecule has 136 valence electrons. The van der Waals surface area contributed by atoms with E-state index in [1.807, 2.05) is 19.9 Å². The molecule has 0 unspecified atom stereocenters. The van der Waals surface area contributed by atoms with Gasteiger partial charge in [-0.25, -0.2) is 0 Å². The first-order valence-electron chi connectivity index (χ1n) is 8.55. The Labute approximate surface area is 146 Å². The summed E-state index contributed by atoms with van der Waals surface area (Å²) in [6.07, 6.45) is 0. The van der Waals surface area contributed by atoms with E-state index in [9.17, 15) is 4.79 Å². The summed E-state index contributed by atoms with van der Waals surface area (Å²) in [4.78, 5) is 14.7. The van der Waals surface area contributed by atoms with Crippen molar-refractivity contribution in [3.8, 4) is 0 Å². The number of carbonyl (C=O) groups excluding carboxylic acids is 1. The Kier molecular flexibility index (Phi) is 4.64. The van der Waals surface area contributed by atoms with Gasteiger partial charge in [0.25, 0.3) is 5.91 Å². The Balaban J connectivity index is 1.85. The van der Waals surface area contributed by atoms with Gasteiger partial charge in [0.05, 0.1) is 13.2 Å². The van der Waals surface area contributed by atoms with Crippen LogP contribution in [0.25, 0.3) is 0 Å². The lowest BCUT2D eigenvalue weighted by Gasteiger charge is -2.32. The predicted octanol–water partition coefficient (Wildman–Crippen LogP) is 2.43. The van der Waals surface area contributed by atoms with E-state index in [4.69, 9.17) is 9.15 Å². The normalized spacial score (nSPS) is 18.8. The smallest absolute Gasteiger partial charge is 0.275 e. The number of morpholine rings is 1. The number of carbonyl (C=O) groups is 1. The minimum Gasteiger partial charge on any atom is -0.423 e. The number of nitrogens with zero attached hydrogens (tertiary/aromatic N) is 4. The van der Waals surface area contributed by atoms with Crippen molar-refractivity contribution in [2.45, 2.75) is 52.0 Å². The van der Waals surface area contributed by atoms with Crippen molar-refractivity contribution in [1.29, 1.82) is 0 Å². The van der Waals surface area contributed by atoms with Gasteiger partial charge in [0.1, 0.15) is 11.7 Å². The molecule has 1 aliphatic rings. The van der Waals surface area contributed by atoms with Crippen molar-refractivity contribution in [3.05, 3.63) is 29.2 Å². The topological polar surface area (TPSA) is 97.1 Å². The summed E-state index contributed by atoms with van der Waals surface area (Å²) in [6, 6.07) is 1.42. The molecule has 1 saturated heterocycles. The maximum absolute atomic E-state index is 13.0. The van der Waals surface area contributed by atoms with Crippen molar-refractivity contribution >= 4 is 5.91 Å². The van der Waals surface area contributed by atoms with Gasteiger partial charge in [-0.3, -0.25) is 9.89 Å². The van der Waals surface area contributed by atoms with Gasteiger partial charge in [-0.2, -0.15) is 5.10 Å². The maximum atomic E-state index is 13.0. The first kappa shape index (κ1) is 17.6. The fraction of sp³-hybridized carbons (Fsp3) is 0.647. The van der Waals surface area contributed by atoms with Gasteiger partial charge in [0.15, 0.2) is 0 Å². The summed E-state index contributed by atoms with van der Waals surface area (Å²) in [5.74, 6) is 0.936. The van der Waals surface area contributed by atoms with Gasteiger partial charge in [-0.05, 0) is 6.07 Å². The van der Waals surface area contributed by atoms with Gasteiger partial charge in [-0.1, -0.05) is 34.6 Å². The van der Waals surface area contributed by atoms with E-state index < -0.39 is 6.04 Å². The fourth-order valence-corrected chi connectivity index (χ4v) is 2.63. The van der Waals surface area contributed by atoms with Crippen LogP contribution in [0.2, 0.25) is 0 Å². The summed E-state index contributed by atoms with van der Waals surface area (Å²) in [7, 11) is 0. The average Bonchev–Trinajstić information content (AvgIpc) is 3.23. The predicted molar refractivity (Wildman–Crippen MR) is 90.3 cm³/mol. The number of aromatic amines is 1. The van der Waals surface area contributed by atoms with Crippen LogP contribution in [-0.2, 0) is 10.2 Å². The summed E-state index contributed by atoms with van der Waals surface area (Å²) in [6.45, 7) is 11.4. The number of hydrogen-bond donors (Lipinski definition) is 1. The summed E-state index contributed by atoms with van der Waals surface area (Å²) in [5, 5.41) is 15.3. The second-order valence-electron chi connectivity index (χ2n) is 7.64. The van der Waals surface area contributed by atoms with Crippen LogP contribution in [0, 0.1) is 0 Å². The maximum Gasteiger partial charge on any atom is 0.275 e. The molecule has 0 bridgehead atoms. The molecule has 8 heteroatoms. The number of nitrogens with one attached hydrogen (secondary N) is 1. The second kappa shape index (κ2) is 6.59. The van der Waals surface area contributed by atoms with E-state index >= 15 is 0 Å². The van der Waals surface area contributed by atoms with Crippen molar-refractivity contribution in [1.82, 2.24) is 25.3 Å². The van der Waals surface area contributed by atoms with E-state index in [0.29, 0.717) is 37.2 Å². The molecule has 25 heavy (non-hydrogen) atoms. The zero-order valence-electron chi connectivity index (χ0n) is 15.4. The monoisotopic (exact) mass is 347 g/mol. The van der Waals surface area contributed by atoms with Crippen molar-refractivity contribution in [3.63, 3.8) is 0 Å². The molecule has 1 atom stereocenters. The Bertz CT molecular complexity index is 744. The van der Waals surface area contributed by atoms with Crippen LogP contribution in [0.5, 0.6) is 0 Å². The van der Waals surface area contributed by atoms with Crippen LogP contribution in [0.15, 0.2) is 10.5 Å². The molecule has 0 aromatic carbocycles. The Morgan fingerprint density at radius 1 is 1.36 bits per heavy atom. The summed E-state index contributed by atoms with van der Waals surface area (Å²) < 4.78 is 11.3. The summed E-state index contributed by atoms with van der Waals surface area (Å²) in [5.41, 5.74) is 1.20. The standard InChI is InChI=1S/C17H25N5O3/c1-10(2)14-20-21-15(25-14)12-9-24-7-6-22(12)16(23)11-8-13(19-18-11)17(3,4)5/h8,10,12H,6-7,9H2,1-5H3,(H,18,19)/t12-/m0/s1. The molecule has 8 nitrogen and oxygen atoms in total. The summed E-state index contributed by atoms with van der Waals surface area (Å²) >= 11 is 0. The first-order valence-corrected chi connectivity index (χ1v) is 8.55. The van der Waals surface area contributed by atoms with Crippen LogP contribution in [0.4, 0.5) is 0 Å². The van der Waals surface area contributed by atoms with E-state index in [-0.39, 0.29) is 17.2 Å². The molecule has 2 aromatic heterocycles. The lowest BCUT2D eigenvalue weighted by Crippen LogP contribution is -2.43. The second-order valence-corrected chi connectivity index (χ2v) is 7.64. The largest absolute Gasteiger partial charge is 0.423 e. The van der Waals surface area contributed by atoms with Crippen molar-refractivity contribution in [2.75, 3.05) is 19.8 Å². The lowest BCUT2D eigenvalue weighted by atomic mass is 9.92. The molecule has 3 heterocycles. The van der Waals surface area contributed by atoms with Gasteiger partial charge in [0, 0.05) is 23.6 Å². The van der Waals surface area contributed by atoms with Gasteiger partial charge in [-0.15, -0.1) is 10.2 Å². The van der Waals surface area contributed by atoms with Crippen LogP contribution in [0.1, 0.15) is 74.5 Å². The number of rotatable bonds is 3. The Hall–Kier alpha value is -2.22. The number of hydrogen-bond acceptors (Lipinski definition) is 6. The van der Waals surface area contributed by atoms with Crippen LogP contribution < -0.4 is 0 Å². The zero-order chi connectivity index (χ0) is 18.2. The number of amides is 1. The van der Waals surface area contributed by atoms with E-state index in [0.717, 1.165) is 5.69 Å². The molecule has 1 fully saturated rings. The number of aromatic nitrogens is 4. The molecule has 3 rings (SSSR count). The SMILES string of the molecule is CC(C)c1nnc([C@@H]2COCCN2C(=O)c2cc(C(C)(C)C)[nH]n2)o1. The Morgan fingerprint density at radius 2 is 2.12 bits per heavy atom. The number of H-pyrrole nitrogens is 1. The third kappa shape index (κ3) is 3.58. The fourth-order valence-electron chi connectivity index (χ4n) is 2.63. The van der Waals surface area contributed by atoms with E-state index in [2.05, 4.69) is 41.2 Å². The molecule has 1 N–H and O–H groups in total. The van der Waals surface area contributed by atoms with Gasteiger partial charge >= 0.3 is 0 Å². The van der Waals surface area contributed by atoms with Crippen LogP contribution in [-0.4, -0.2) is 51.0 Å². The minimum absolute atomic E-state index is 0.103. The van der Waals surface area contributed by atoms with Crippen LogP contribution >= 0.6 is 0 Å². The van der Waals surface area contributed by atoms with Gasteiger partial charge < -0.3 is 14.1 Å². The molecule has 0 spiro atoms. The van der Waals surface area contributed by atoms with E-state index in [1.165, 1.54) is 0 Å². The highest BCUT2D eigenvalue weighted by atomic mass is 16.5.